The van der Waals surface area contributed by atoms with Gasteiger partial charge in [-0.05, 0) is 35.7 Å². The van der Waals surface area contributed by atoms with Crippen molar-refractivity contribution in [3.05, 3.63) is 59.7 Å². The Hall–Kier alpha value is -1.61. The van der Waals surface area contributed by atoms with Gasteiger partial charge in [-0.25, -0.2) is 4.39 Å². The third-order valence-electron chi connectivity index (χ3n) is 2.27. The number of nitrogens with zero attached hydrogens (tertiary/aromatic N) is 1. The molecule has 0 bridgehead atoms. The predicted octanol–water partition coefficient (Wildman–Crippen LogP) is 2.17. The van der Waals surface area contributed by atoms with Gasteiger partial charge in [0.25, 0.3) is 0 Å². The van der Waals surface area contributed by atoms with Gasteiger partial charge in [0.2, 0.25) is 0 Å². The molecule has 2 aromatic rings. The fraction of sp³-hybridized carbons (Fsp3) is 0.167. The predicted molar refractivity (Wildman–Crippen MR) is 55.9 cm³/mol. The summed E-state index contributed by atoms with van der Waals surface area (Å²) in [6.45, 7) is -0.0247. The first-order valence-electron chi connectivity index (χ1n) is 4.78. The Kier molecular flexibility index (Phi) is 2.83. The molecule has 0 fully saturated rings. The molecule has 0 atom stereocenters. The molecule has 3 heteroatoms. The first-order chi connectivity index (χ1) is 7.28. The van der Waals surface area contributed by atoms with Crippen molar-refractivity contribution in [2.45, 2.75) is 13.2 Å². The summed E-state index contributed by atoms with van der Waals surface area (Å²) in [5, 5.41) is 8.86. The van der Waals surface area contributed by atoms with E-state index in [-0.39, 0.29) is 12.5 Å². The number of rotatable bonds is 3. The maximum Gasteiger partial charge on any atom is 0.123 e. The Morgan fingerprint density at radius 3 is 2.73 bits per heavy atom. The molecule has 78 valence electrons. The van der Waals surface area contributed by atoms with E-state index >= 15 is 0 Å². The summed E-state index contributed by atoms with van der Waals surface area (Å²) in [6, 6.07) is 8.47. The molecule has 1 aromatic heterocycles. The zero-order valence-corrected chi connectivity index (χ0v) is 8.23. The van der Waals surface area contributed by atoms with E-state index in [1.807, 2.05) is 18.3 Å². The fourth-order valence-electron chi connectivity index (χ4n) is 1.57. The van der Waals surface area contributed by atoms with Gasteiger partial charge in [0.1, 0.15) is 12.5 Å². The minimum absolute atomic E-state index is 0.0247. The first kappa shape index (κ1) is 9.93. The van der Waals surface area contributed by atoms with E-state index in [2.05, 4.69) is 0 Å². The molecule has 0 spiro atoms. The van der Waals surface area contributed by atoms with Crippen LogP contribution in [-0.2, 0) is 13.2 Å². The summed E-state index contributed by atoms with van der Waals surface area (Å²) >= 11 is 0. The lowest BCUT2D eigenvalue weighted by Gasteiger charge is -1.99. The Morgan fingerprint density at radius 1 is 1.20 bits per heavy atom. The van der Waals surface area contributed by atoms with E-state index in [4.69, 9.17) is 5.11 Å². The van der Waals surface area contributed by atoms with Crippen LogP contribution in [0.25, 0.3) is 0 Å². The molecule has 0 saturated heterocycles. The molecule has 1 heterocycles. The second-order valence-corrected chi connectivity index (χ2v) is 3.48. The minimum Gasteiger partial charge on any atom is -0.376 e. The number of benzene rings is 1. The molecule has 0 aliphatic heterocycles. The lowest BCUT2D eigenvalue weighted by atomic mass is 10.1. The van der Waals surface area contributed by atoms with Crippen molar-refractivity contribution in [1.82, 2.24) is 4.57 Å². The van der Waals surface area contributed by atoms with Crippen molar-refractivity contribution in [1.29, 1.82) is 0 Å². The summed E-state index contributed by atoms with van der Waals surface area (Å²) in [6.07, 6.45) is 4.34. The van der Waals surface area contributed by atoms with Crippen molar-refractivity contribution in [2.75, 3.05) is 0 Å². The lowest BCUT2D eigenvalue weighted by molar-refractivity contribution is 0.211. The zero-order valence-electron chi connectivity index (χ0n) is 8.23. The van der Waals surface area contributed by atoms with Gasteiger partial charge >= 0.3 is 0 Å². The van der Waals surface area contributed by atoms with E-state index < -0.39 is 0 Å². The fourth-order valence-corrected chi connectivity index (χ4v) is 1.57. The van der Waals surface area contributed by atoms with Crippen LogP contribution in [0.5, 0.6) is 0 Å². The normalized spacial score (nSPS) is 10.5. The zero-order chi connectivity index (χ0) is 10.7. The van der Waals surface area contributed by atoms with Crippen molar-refractivity contribution in [3.8, 4) is 0 Å². The molecular weight excluding hydrogens is 193 g/mol. The van der Waals surface area contributed by atoms with Crippen molar-refractivity contribution < 1.29 is 9.50 Å². The number of halogens is 1. The lowest BCUT2D eigenvalue weighted by Crippen LogP contribution is -1.91. The topological polar surface area (TPSA) is 25.2 Å². The van der Waals surface area contributed by atoms with Crippen LogP contribution in [0, 0.1) is 5.82 Å². The first-order valence-corrected chi connectivity index (χ1v) is 4.78. The van der Waals surface area contributed by atoms with Crippen LogP contribution in [0.2, 0.25) is 0 Å². The number of aliphatic hydroxyl groups is 1. The van der Waals surface area contributed by atoms with Crippen LogP contribution in [0.3, 0.4) is 0 Å². The third-order valence-corrected chi connectivity index (χ3v) is 2.27. The van der Waals surface area contributed by atoms with Gasteiger partial charge in [-0.3, -0.25) is 0 Å². The molecule has 0 aliphatic rings. The smallest absolute Gasteiger partial charge is 0.123 e. The number of aliphatic hydroxyl groups excluding tert-OH is 1. The Bertz CT molecular complexity index is 450. The number of hydrogen-bond donors (Lipinski definition) is 1. The van der Waals surface area contributed by atoms with Gasteiger partial charge in [-0.1, -0.05) is 12.1 Å². The van der Waals surface area contributed by atoms with Gasteiger partial charge in [-0.15, -0.1) is 0 Å². The van der Waals surface area contributed by atoms with Crippen LogP contribution >= 0.6 is 0 Å². The molecule has 0 amide bonds. The van der Waals surface area contributed by atoms with Gasteiger partial charge in [0.15, 0.2) is 0 Å². The van der Waals surface area contributed by atoms with Crippen LogP contribution in [0.4, 0.5) is 4.39 Å². The molecule has 0 radical (unpaired) electrons. The van der Waals surface area contributed by atoms with Crippen LogP contribution in [-0.4, -0.2) is 9.67 Å². The summed E-state index contributed by atoms with van der Waals surface area (Å²) in [5.41, 5.74) is 2.00. The molecule has 0 unspecified atom stereocenters. The van der Waals surface area contributed by atoms with E-state index in [1.165, 1.54) is 12.1 Å². The van der Waals surface area contributed by atoms with E-state index in [0.29, 0.717) is 6.42 Å². The third kappa shape index (κ3) is 2.44. The number of aromatic nitrogens is 1. The second-order valence-electron chi connectivity index (χ2n) is 3.48. The summed E-state index contributed by atoms with van der Waals surface area (Å²) in [4.78, 5) is 0. The van der Waals surface area contributed by atoms with Crippen molar-refractivity contribution >= 4 is 0 Å². The highest BCUT2D eigenvalue weighted by Gasteiger charge is 1.99. The van der Waals surface area contributed by atoms with E-state index in [1.54, 1.807) is 16.8 Å². The highest BCUT2D eigenvalue weighted by Crippen LogP contribution is 2.11. The van der Waals surface area contributed by atoms with Gasteiger partial charge < -0.3 is 9.67 Å². The highest BCUT2D eigenvalue weighted by molar-refractivity contribution is 5.24. The van der Waals surface area contributed by atoms with Crippen molar-refractivity contribution in [2.24, 2.45) is 0 Å². The van der Waals surface area contributed by atoms with Crippen LogP contribution in [0.15, 0.2) is 42.7 Å². The largest absolute Gasteiger partial charge is 0.376 e. The Balaban J connectivity index is 2.14. The average molecular weight is 205 g/mol. The van der Waals surface area contributed by atoms with Crippen LogP contribution < -0.4 is 0 Å². The Morgan fingerprint density at radius 2 is 2.07 bits per heavy atom. The summed E-state index contributed by atoms with van der Waals surface area (Å²) in [5.74, 6) is -0.214. The maximum absolute atomic E-state index is 12.9. The molecule has 0 saturated carbocycles. The van der Waals surface area contributed by atoms with Gasteiger partial charge in [0, 0.05) is 12.4 Å². The summed E-state index contributed by atoms with van der Waals surface area (Å²) in [7, 11) is 0. The maximum atomic E-state index is 12.9. The molecule has 1 N–H and O–H groups in total. The minimum atomic E-state index is -0.214. The molecule has 2 nitrogen and oxygen atoms in total. The quantitative estimate of drug-likeness (QED) is 0.816. The van der Waals surface area contributed by atoms with Gasteiger partial charge in [0.05, 0.1) is 0 Å². The summed E-state index contributed by atoms with van der Waals surface area (Å²) < 4.78 is 14.6. The highest BCUT2D eigenvalue weighted by atomic mass is 19.1. The monoisotopic (exact) mass is 205 g/mol. The molecule has 1 aromatic carbocycles. The average Bonchev–Trinajstić information content (AvgIpc) is 2.65. The van der Waals surface area contributed by atoms with Gasteiger partial charge in [-0.2, -0.15) is 0 Å². The van der Waals surface area contributed by atoms with E-state index in [9.17, 15) is 4.39 Å². The van der Waals surface area contributed by atoms with E-state index in [0.717, 1.165) is 11.1 Å². The van der Waals surface area contributed by atoms with Crippen LogP contribution in [0.1, 0.15) is 11.1 Å². The standard InChI is InChI=1S/C12H12FNO/c13-12-3-1-2-10(7-12)6-11-4-5-14(8-11)9-15/h1-5,7-8,15H,6,9H2. The SMILES string of the molecule is OCn1ccc(Cc2cccc(F)c2)c1. The number of hydrogen-bond acceptors (Lipinski definition) is 1. The molecular formula is C12H12FNO. The molecule has 2 rings (SSSR count). The Labute approximate surface area is 87.6 Å². The van der Waals surface area contributed by atoms with Crippen molar-refractivity contribution in [3.63, 3.8) is 0 Å². The molecule has 0 aliphatic carbocycles. The second kappa shape index (κ2) is 4.28. The molecule has 15 heavy (non-hydrogen) atoms.